The smallest absolute Gasteiger partial charge is 0.259 e. The van der Waals surface area contributed by atoms with Crippen LogP contribution in [-0.4, -0.2) is 35.7 Å². The first kappa shape index (κ1) is 17.3. The molecule has 0 radical (unpaired) electrons. The lowest BCUT2D eigenvalue weighted by Crippen LogP contribution is -2.26. The summed E-state index contributed by atoms with van der Waals surface area (Å²) in [5, 5.41) is 10.1. The Labute approximate surface area is 157 Å². The number of anilines is 1. The molecule has 28 heavy (non-hydrogen) atoms. The lowest BCUT2D eigenvalue weighted by Gasteiger charge is -2.06. The van der Waals surface area contributed by atoms with Crippen LogP contribution in [0.2, 0.25) is 0 Å². The van der Waals surface area contributed by atoms with Gasteiger partial charge < -0.3 is 18.9 Å². The van der Waals surface area contributed by atoms with E-state index in [1.165, 1.54) is 41.5 Å². The summed E-state index contributed by atoms with van der Waals surface area (Å²) in [4.78, 5) is 36.5. The van der Waals surface area contributed by atoms with E-state index in [2.05, 4.69) is 30.6 Å². The van der Waals surface area contributed by atoms with Crippen molar-refractivity contribution in [3.05, 3.63) is 59.1 Å². The minimum Gasteiger partial charge on any atom is -0.360 e. The quantitative estimate of drug-likeness (QED) is 0.542. The number of nitrogens with zero attached hydrogens (tertiary/aromatic N) is 6. The van der Waals surface area contributed by atoms with Gasteiger partial charge in [0.15, 0.2) is 5.82 Å². The molecule has 0 aliphatic heterocycles. The second-order valence-electron chi connectivity index (χ2n) is 5.77. The van der Waals surface area contributed by atoms with Crippen LogP contribution in [0.1, 0.15) is 5.76 Å². The number of aromatic nitrogens is 6. The van der Waals surface area contributed by atoms with Gasteiger partial charge in [-0.2, -0.15) is 4.98 Å². The molecule has 0 saturated carbocycles. The largest absolute Gasteiger partial charge is 0.360 e. The van der Waals surface area contributed by atoms with E-state index >= 15 is 0 Å². The molecular weight excluding hydrogens is 366 g/mol. The average molecular weight is 379 g/mol. The van der Waals surface area contributed by atoms with Crippen molar-refractivity contribution in [3.63, 3.8) is 0 Å². The summed E-state index contributed by atoms with van der Waals surface area (Å²) in [7, 11) is 0. The number of hydrogen-bond donors (Lipinski definition) is 1. The van der Waals surface area contributed by atoms with Gasteiger partial charge in [0.2, 0.25) is 11.7 Å². The number of aryl methyl sites for hydroxylation is 1. The fourth-order valence-corrected chi connectivity index (χ4v) is 2.40. The molecule has 0 spiro atoms. The van der Waals surface area contributed by atoms with Crippen LogP contribution in [0.3, 0.4) is 0 Å². The highest BCUT2D eigenvalue weighted by molar-refractivity contribution is 5.89. The molecule has 11 heteroatoms. The number of carbonyl (C=O) groups excluding carboxylic acids is 1. The van der Waals surface area contributed by atoms with Gasteiger partial charge in [-0.3, -0.25) is 14.6 Å². The van der Waals surface area contributed by atoms with Gasteiger partial charge in [0.25, 0.3) is 11.4 Å². The highest BCUT2D eigenvalue weighted by Gasteiger charge is 2.14. The Kier molecular flexibility index (Phi) is 4.46. The molecule has 4 aromatic rings. The van der Waals surface area contributed by atoms with E-state index in [9.17, 15) is 9.59 Å². The first-order chi connectivity index (χ1) is 13.6. The molecule has 0 aliphatic carbocycles. The van der Waals surface area contributed by atoms with Crippen LogP contribution in [0.15, 0.2) is 56.8 Å². The third-order valence-corrected chi connectivity index (χ3v) is 3.66. The third-order valence-electron chi connectivity index (χ3n) is 3.66. The van der Waals surface area contributed by atoms with Gasteiger partial charge in [-0.15, -0.1) is 0 Å². The Morgan fingerprint density at radius 3 is 2.86 bits per heavy atom. The van der Waals surface area contributed by atoms with Crippen molar-refractivity contribution in [2.24, 2.45) is 0 Å². The maximum absolute atomic E-state index is 12.2. The molecule has 0 unspecified atom stereocenters. The number of rotatable bonds is 5. The first-order valence-electron chi connectivity index (χ1n) is 8.12. The van der Waals surface area contributed by atoms with Crippen LogP contribution in [0.25, 0.3) is 23.0 Å². The Bertz CT molecular complexity index is 1180. The minimum atomic E-state index is -0.432. The summed E-state index contributed by atoms with van der Waals surface area (Å²) < 4.78 is 11.3. The Morgan fingerprint density at radius 2 is 2.11 bits per heavy atom. The molecule has 1 amide bonds. The predicted octanol–water partition coefficient (Wildman–Crippen LogP) is 1.29. The van der Waals surface area contributed by atoms with Crippen LogP contribution in [0.4, 0.5) is 5.82 Å². The Morgan fingerprint density at radius 1 is 1.21 bits per heavy atom. The van der Waals surface area contributed by atoms with Gasteiger partial charge in [0.05, 0.1) is 11.8 Å². The van der Waals surface area contributed by atoms with Crippen LogP contribution < -0.4 is 10.9 Å². The van der Waals surface area contributed by atoms with E-state index in [0.29, 0.717) is 17.0 Å². The summed E-state index contributed by atoms with van der Waals surface area (Å²) >= 11 is 0. The molecule has 140 valence electrons. The zero-order valence-corrected chi connectivity index (χ0v) is 14.6. The van der Waals surface area contributed by atoms with Gasteiger partial charge in [-0.05, 0) is 13.0 Å². The predicted molar refractivity (Wildman–Crippen MR) is 94.9 cm³/mol. The molecule has 4 heterocycles. The number of nitrogens with one attached hydrogen (secondary N) is 1. The zero-order chi connectivity index (χ0) is 19.5. The highest BCUT2D eigenvalue weighted by Crippen LogP contribution is 2.19. The van der Waals surface area contributed by atoms with Crippen molar-refractivity contribution < 1.29 is 13.8 Å². The molecule has 1 N–H and O–H groups in total. The van der Waals surface area contributed by atoms with E-state index in [4.69, 9.17) is 9.05 Å². The van der Waals surface area contributed by atoms with E-state index in [1.54, 1.807) is 13.0 Å². The number of pyridine rings is 1. The van der Waals surface area contributed by atoms with Crippen LogP contribution in [0, 0.1) is 6.92 Å². The SMILES string of the molecule is Cc1cc(NC(=O)Cn2cc(-c3nc(-c4cnccn4)no3)ccc2=O)no1. The molecule has 4 rings (SSSR count). The average Bonchev–Trinajstić information content (AvgIpc) is 3.34. The number of carbonyl (C=O) groups is 1. The van der Waals surface area contributed by atoms with E-state index in [1.807, 2.05) is 0 Å². The maximum Gasteiger partial charge on any atom is 0.259 e. The minimum absolute atomic E-state index is 0.182. The summed E-state index contributed by atoms with van der Waals surface area (Å²) in [6, 6.07) is 4.42. The molecule has 0 atom stereocenters. The van der Waals surface area contributed by atoms with Gasteiger partial charge in [-0.25, -0.2) is 4.98 Å². The summed E-state index contributed by atoms with van der Waals surface area (Å²) in [6.45, 7) is 1.49. The van der Waals surface area contributed by atoms with Crippen molar-refractivity contribution in [3.8, 4) is 23.0 Å². The molecule has 0 bridgehead atoms. The van der Waals surface area contributed by atoms with Crippen LogP contribution >= 0.6 is 0 Å². The van der Waals surface area contributed by atoms with Crippen molar-refractivity contribution in [1.29, 1.82) is 0 Å². The first-order valence-corrected chi connectivity index (χ1v) is 8.12. The molecule has 0 aromatic carbocycles. The van der Waals surface area contributed by atoms with Gasteiger partial charge in [0.1, 0.15) is 18.0 Å². The summed E-state index contributed by atoms with van der Waals surface area (Å²) in [5.74, 6) is 0.849. The molecular formula is C17H13N7O4. The van der Waals surface area contributed by atoms with Gasteiger partial charge >= 0.3 is 0 Å². The number of hydrogen-bond acceptors (Lipinski definition) is 9. The van der Waals surface area contributed by atoms with Crippen molar-refractivity contribution in [2.75, 3.05) is 5.32 Å². The van der Waals surface area contributed by atoms with Gasteiger partial charge in [0, 0.05) is 30.7 Å². The monoisotopic (exact) mass is 379 g/mol. The van der Waals surface area contributed by atoms with Gasteiger partial charge in [-0.1, -0.05) is 10.3 Å². The molecule has 0 aliphatic rings. The lowest BCUT2D eigenvalue weighted by molar-refractivity contribution is -0.116. The topological polar surface area (TPSA) is 142 Å². The molecule has 0 fully saturated rings. The maximum atomic E-state index is 12.2. The van der Waals surface area contributed by atoms with Crippen LogP contribution in [0.5, 0.6) is 0 Å². The second kappa shape index (κ2) is 7.23. The molecule has 11 nitrogen and oxygen atoms in total. The van der Waals surface area contributed by atoms with Crippen LogP contribution in [-0.2, 0) is 11.3 Å². The van der Waals surface area contributed by atoms with E-state index in [0.717, 1.165) is 0 Å². The lowest BCUT2D eigenvalue weighted by atomic mass is 10.3. The van der Waals surface area contributed by atoms with Crippen molar-refractivity contribution in [1.82, 2.24) is 29.8 Å². The summed E-state index contributed by atoms with van der Waals surface area (Å²) in [6.07, 6.45) is 6.02. The normalized spacial score (nSPS) is 10.8. The third kappa shape index (κ3) is 3.67. The zero-order valence-electron chi connectivity index (χ0n) is 14.6. The summed E-state index contributed by atoms with van der Waals surface area (Å²) in [5.41, 5.74) is 0.573. The fraction of sp³-hybridized carbons (Fsp3) is 0.118. The molecule has 4 aromatic heterocycles. The van der Waals surface area contributed by atoms with E-state index < -0.39 is 5.91 Å². The van der Waals surface area contributed by atoms with E-state index in [-0.39, 0.29) is 29.6 Å². The second-order valence-corrected chi connectivity index (χ2v) is 5.77. The van der Waals surface area contributed by atoms with Crippen molar-refractivity contribution >= 4 is 11.7 Å². The highest BCUT2D eigenvalue weighted by atomic mass is 16.5. The fourth-order valence-electron chi connectivity index (χ4n) is 2.40. The number of amides is 1. The molecule has 0 saturated heterocycles. The standard InChI is InChI=1S/C17H13N7O4/c1-10-6-13(22-27-10)20-14(25)9-24-8-11(2-3-15(24)26)17-21-16(23-28-17)12-7-18-4-5-19-12/h2-8H,9H2,1H3,(H,20,22,25). The Hall–Kier alpha value is -4.15. The van der Waals surface area contributed by atoms with Crippen molar-refractivity contribution in [2.45, 2.75) is 13.5 Å². The Balaban J connectivity index is 1.55.